The van der Waals surface area contributed by atoms with Gasteiger partial charge in [-0.1, -0.05) is 19.3 Å². The van der Waals surface area contributed by atoms with Crippen LogP contribution in [0.4, 0.5) is 4.79 Å². The van der Waals surface area contributed by atoms with Crippen LogP contribution < -0.4 is 11.1 Å². The maximum absolute atomic E-state index is 9.50. The van der Waals surface area contributed by atoms with Gasteiger partial charge in [-0.05, 0) is 12.8 Å². The number of hydrogen-bond donors (Lipinski definition) is 3. The van der Waals surface area contributed by atoms with E-state index in [1.54, 1.807) is 6.07 Å². The smallest absolute Gasteiger partial charge is 0.405 e. The number of hydrogen-bond acceptors (Lipinski definition) is 3. The van der Waals surface area contributed by atoms with E-state index in [1.807, 2.05) is 5.32 Å². The van der Waals surface area contributed by atoms with Gasteiger partial charge in [0.2, 0.25) is 0 Å². The van der Waals surface area contributed by atoms with Crippen LogP contribution in [0.25, 0.3) is 0 Å². The van der Waals surface area contributed by atoms with Gasteiger partial charge in [-0.3, -0.25) is 0 Å². The highest BCUT2D eigenvalue weighted by molar-refractivity contribution is 5.64. The van der Waals surface area contributed by atoms with E-state index in [2.05, 4.69) is 0 Å². The standard InChI is InChI=1S/C6H13N.C3H4N2O2/c7-6-4-2-1-3-5-6;4-1-2-5-3(6)7/h6H,1-5,7H2;5H,2H2,(H,6,7). The van der Waals surface area contributed by atoms with Crippen molar-refractivity contribution >= 4 is 6.09 Å². The van der Waals surface area contributed by atoms with Crippen LogP contribution in [0.2, 0.25) is 0 Å². The Balaban J connectivity index is 0.000000241. The first-order valence-corrected chi connectivity index (χ1v) is 4.76. The lowest BCUT2D eigenvalue weighted by Crippen LogP contribution is -2.22. The van der Waals surface area contributed by atoms with Crippen LogP contribution >= 0.6 is 0 Å². The van der Waals surface area contributed by atoms with Crippen LogP contribution in [0.15, 0.2) is 0 Å². The molecular weight excluding hydrogens is 182 g/mol. The number of nitrogens with zero attached hydrogens (tertiary/aromatic N) is 1. The van der Waals surface area contributed by atoms with Crippen molar-refractivity contribution in [1.29, 1.82) is 5.26 Å². The van der Waals surface area contributed by atoms with Crippen molar-refractivity contribution in [2.75, 3.05) is 6.54 Å². The van der Waals surface area contributed by atoms with Crippen molar-refractivity contribution in [3.05, 3.63) is 0 Å². The Kier molecular flexibility index (Phi) is 7.56. The molecule has 1 rings (SSSR count). The molecule has 0 aromatic rings. The van der Waals surface area contributed by atoms with E-state index >= 15 is 0 Å². The molecule has 0 saturated heterocycles. The molecule has 5 nitrogen and oxygen atoms in total. The van der Waals surface area contributed by atoms with Gasteiger partial charge >= 0.3 is 6.09 Å². The van der Waals surface area contributed by atoms with Crippen LogP contribution in [0.3, 0.4) is 0 Å². The average molecular weight is 199 g/mol. The highest BCUT2D eigenvalue weighted by Crippen LogP contribution is 2.14. The fourth-order valence-electron chi connectivity index (χ4n) is 1.25. The van der Waals surface area contributed by atoms with Gasteiger partial charge < -0.3 is 16.2 Å². The summed E-state index contributed by atoms with van der Waals surface area (Å²) in [7, 11) is 0. The number of carboxylic acid groups (broad SMARTS) is 1. The highest BCUT2D eigenvalue weighted by Gasteiger charge is 2.06. The molecule has 0 spiro atoms. The second-order valence-electron chi connectivity index (χ2n) is 3.21. The van der Waals surface area contributed by atoms with E-state index < -0.39 is 6.09 Å². The second-order valence-corrected chi connectivity index (χ2v) is 3.21. The molecule has 1 aliphatic rings. The summed E-state index contributed by atoms with van der Waals surface area (Å²) >= 11 is 0. The van der Waals surface area contributed by atoms with Crippen molar-refractivity contribution in [1.82, 2.24) is 5.32 Å². The molecule has 5 heteroatoms. The minimum absolute atomic E-state index is 0.144. The Hall–Kier alpha value is -1.28. The summed E-state index contributed by atoms with van der Waals surface area (Å²) in [5.41, 5.74) is 5.63. The van der Waals surface area contributed by atoms with E-state index in [0.717, 1.165) is 0 Å². The summed E-state index contributed by atoms with van der Waals surface area (Å²) in [6.45, 7) is -0.144. The SMILES string of the molecule is N#CCNC(=O)O.NC1CCCCC1. The Labute approximate surface area is 83.9 Å². The van der Waals surface area contributed by atoms with Gasteiger partial charge in [0, 0.05) is 6.04 Å². The lowest BCUT2D eigenvalue weighted by molar-refractivity contribution is 0.196. The van der Waals surface area contributed by atoms with Crippen LogP contribution in [-0.4, -0.2) is 23.8 Å². The maximum Gasteiger partial charge on any atom is 0.405 e. The normalized spacial score (nSPS) is 16.0. The zero-order valence-corrected chi connectivity index (χ0v) is 8.20. The first kappa shape index (κ1) is 12.7. The molecular formula is C9H17N3O2. The summed E-state index contributed by atoms with van der Waals surface area (Å²) in [6, 6.07) is 2.14. The Morgan fingerprint density at radius 2 is 2.07 bits per heavy atom. The van der Waals surface area contributed by atoms with Crippen LogP contribution in [0.5, 0.6) is 0 Å². The molecule has 0 radical (unpaired) electrons. The molecule has 1 saturated carbocycles. The van der Waals surface area contributed by atoms with Gasteiger partial charge in [0.1, 0.15) is 6.54 Å². The molecule has 0 unspecified atom stereocenters. The molecule has 4 N–H and O–H groups in total. The first-order chi connectivity index (χ1) is 6.66. The van der Waals surface area contributed by atoms with Crippen molar-refractivity contribution in [3.63, 3.8) is 0 Å². The number of amides is 1. The molecule has 80 valence electrons. The second kappa shape index (κ2) is 8.32. The Morgan fingerprint density at radius 3 is 2.29 bits per heavy atom. The minimum Gasteiger partial charge on any atom is -0.465 e. The summed E-state index contributed by atoms with van der Waals surface area (Å²) < 4.78 is 0. The predicted octanol–water partition coefficient (Wildman–Crippen LogP) is 1.06. The van der Waals surface area contributed by atoms with Gasteiger partial charge in [-0.15, -0.1) is 0 Å². The molecule has 1 fully saturated rings. The van der Waals surface area contributed by atoms with Gasteiger partial charge in [0.15, 0.2) is 0 Å². The molecule has 0 aromatic heterocycles. The van der Waals surface area contributed by atoms with Gasteiger partial charge in [0.05, 0.1) is 6.07 Å². The van der Waals surface area contributed by atoms with E-state index in [-0.39, 0.29) is 6.54 Å². The Morgan fingerprint density at radius 1 is 1.50 bits per heavy atom. The lowest BCUT2D eigenvalue weighted by atomic mass is 9.97. The van der Waals surface area contributed by atoms with Crippen molar-refractivity contribution in [2.45, 2.75) is 38.1 Å². The van der Waals surface area contributed by atoms with Crippen molar-refractivity contribution < 1.29 is 9.90 Å². The quantitative estimate of drug-likeness (QED) is 0.550. The molecule has 0 aromatic carbocycles. The monoisotopic (exact) mass is 199 g/mol. The molecule has 0 aliphatic heterocycles. The van der Waals surface area contributed by atoms with Crippen LogP contribution in [0.1, 0.15) is 32.1 Å². The van der Waals surface area contributed by atoms with Crippen molar-refractivity contribution in [2.24, 2.45) is 5.73 Å². The number of carbonyl (C=O) groups is 1. The predicted molar refractivity (Wildman–Crippen MR) is 52.7 cm³/mol. The molecule has 0 atom stereocenters. The number of nitrogens with one attached hydrogen (secondary N) is 1. The van der Waals surface area contributed by atoms with Crippen molar-refractivity contribution in [3.8, 4) is 6.07 Å². The third kappa shape index (κ3) is 8.81. The fraction of sp³-hybridized carbons (Fsp3) is 0.778. The maximum atomic E-state index is 9.50. The van der Waals surface area contributed by atoms with Crippen LogP contribution in [0, 0.1) is 11.3 Å². The average Bonchev–Trinajstić information content (AvgIpc) is 2.17. The molecule has 0 heterocycles. The number of nitriles is 1. The number of nitrogens with two attached hydrogens (primary N) is 1. The van der Waals surface area contributed by atoms with Gasteiger partial charge in [-0.25, -0.2) is 4.79 Å². The lowest BCUT2D eigenvalue weighted by Gasteiger charge is -2.15. The summed E-state index contributed by atoms with van der Waals surface area (Å²) in [5.74, 6) is 0. The molecule has 1 aliphatic carbocycles. The molecule has 1 amide bonds. The van der Waals surface area contributed by atoms with E-state index in [4.69, 9.17) is 16.1 Å². The third-order valence-electron chi connectivity index (χ3n) is 1.97. The molecule has 14 heavy (non-hydrogen) atoms. The highest BCUT2D eigenvalue weighted by atomic mass is 16.4. The zero-order valence-electron chi connectivity index (χ0n) is 8.20. The van der Waals surface area contributed by atoms with Gasteiger partial charge in [0.25, 0.3) is 0 Å². The summed E-state index contributed by atoms with van der Waals surface area (Å²) in [6.07, 6.45) is 5.50. The third-order valence-corrected chi connectivity index (χ3v) is 1.97. The van der Waals surface area contributed by atoms with E-state index in [9.17, 15) is 4.79 Å². The molecule has 0 bridgehead atoms. The first-order valence-electron chi connectivity index (χ1n) is 4.76. The topological polar surface area (TPSA) is 99.1 Å². The van der Waals surface area contributed by atoms with Crippen LogP contribution in [-0.2, 0) is 0 Å². The summed E-state index contributed by atoms with van der Waals surface area (Å²) in [5, 5.41) is 17.4. The van der Waals surface area contributed by atoms with E-state index in [0.29, 0.717) is 6.04 Å². The zero-order chi connectivity index (χ0) is 10.8. The largest absolute Gasteiger partial charge is 0.465 e. The van der Waals surface area contributed by atoms with Gasteiger partial charge in [-0.2, -0.15) is 5.26 Å². The van der Waals surface area contributed by atoms with E-state index in [1.165, 1.54) is 32.1 Å². The minimum atomic E-state index is -1.17. The number of rotatable bonds is 1. The fourth-order valence-corrected chi connectivity index (χ4v) is 1.25. The summed E-state index contributed by atoms with van der Waals surface area (Å²) in [4.78, 5) is 9.50. The Bertz CT molecular complexity index is 195.